The maximum absolute atomic E-state index is 13.5. The van der Waals surface area contributed by atoms with Crippen molar-refractivity contribution in [3.63, 3.8) is 0 Å². The number of aryl methyl sites for hydroxylation is 1. The van der Waals surface area contributed by atoms with Crippen molar-refractivity contribution in [1.82, 2.24) is 9.62 Å². The number of ether oxygens (including phenoxy) is 1. The fourth-order valence-corrected chi connectivity index (χ4v) is 9.53. The lowest BCUT2D eigenvalue weighted by atomic mass is 9.67. The predicted octanol–water partition coefficient (Wildman–Crippen LogP) is 5.01. The molecule has 0 saturated heterocycles. The van der Waals surface area contributed by atoms with Crippen molar-refractivity contribution >= 4 is 33.2 Å². The molecule has 2 aromatic rings. The number of carbonyl (C=O) groups excluding carboxylic acids is 1. The van der Waals surface area contributed by atoms with Crippen LogP contribution in [0.1, 0.15) is 73.9 Å². The minimum Gasteiger partial charge on any atom is -0.490 e. The number of rotatable bonds is 1. The van der Waals surface area contributed by atoms with E-state index in [-0.39, 0.29) is 28.9 Å². The zero-order valence-electron chi connectivity index (χ0n) is 26.3. The molecule has 0 radical (unpaired) electrons. The summed E-state index contributed by atoms with van der Waals surface area (Å²) >= 11 is 6.41. The summed E-state index contributed by atoms with van der Waals surface area (Å²) in [6, 6.07) is 11.5. The van der Waals surface area contributed by atoms with Crippen LogP contribution >= 0.6 is 11.6 Å². The number of aliphatic hydroxyl groups excluding tert-OH is 1. The van der Waals surface area contributed by atoms with E-state index in [9.17, 15) is 18.3 Å². The van der Waals surface area contributed by atoms with Crippen LogP contribution in [0.5, 0.6) is 5.75 Å². The summed E-state index contributed by atoms with van der Waals surface area (Å²) in [5.41, 5.74) is 3.35. The van der Waals surface area contributed by atoms with Gasteiger partial charge in [0.05, 0.1) is 23.6 Å². The van der Waals surface area contributed by atoms with E-state index in [0.29, 0.717) is 37.7 Å². The molecule has 6 rings (SSSR count). The van der Waals surface area contributed by atoms with E-state index in [1.807, 2.05) is 27.1 Å². The van der Waals surface area contributed by atoms with Crippen LogP contribution in [0.15, 0.2) is 36.4 Å². The van der Waals surface area contributed by atoms with Crippen LogP contribution in [0.3, 0.4) is 0 Å². The Morgan fingerprint density at radius 3 is 2.64 bits per heavy atom. The Kier molecular flexibility index (Phi) is 8.72. The number of hydrogen-bond donors (Lipinski definition) is 2. The molecule has 240 valence electrons. The van der Waals surface area contributed by atoms with Crippen LogP contribution in [0.2, 0.25) is 5.02 Å². The van der Waals surface area contributed by atoms with Crippen molar-refractivity contribution in [2.45, 2.75) is 81.6 Å². The third-order valence-electron chi connectivity index (χ3n) is 11.1. The highest BCUT2D eigenvalue weighted by atomic mass is 35.5. The molecule has 2 heterocycles. The standard InChI is InChI=1S/C34H46ClN3O5S/c1-21-14-27(37(3)4)17-31(39)28-10-7-25(28)18-38-19-34(13-5-6-23-15-26(35)9-11-29(23)34)20-43-32-12-8-24(16-30(32)38)33(40)36-44(41,42)22(21)2/h8-9,11-12,15-16,21-22,25,27-28,31,39H,5-7,10,13-14,17-20H2,1-4H3,(H,36,40)/t21-,22+,25-,27-,28+,31+,34-/m0/s1. The second-order valence-electron chi connectivity index (χ2n) is 14.1. The maximum atomic E-state index is 13.5. The number of amides is 1. The molecule has 8 nitrogen and oxygen atoms in total. The zero-order chi connectivity index (χ0) is 31.4. The molecule has 2 N–H and O–H groups in total. The number of carbonyl (C=O) groups is 1. The first-order valence-corrected chi connectivity index (χ1v) is 18.0. The smallest absolute Gasteiger partial charge is 0.264 e. The molecule has 7 atom stereocenters. The van der Waals surface area contributed by atoms with Crippen molar-refractivity contribution < 1.29 is 23.1 Å². The number of nitrogens with one attached hydrogen (secondary N) is 1. The number of hydrogen-bond acceptors (Lipinski definition) is 7. The molecule has 10 heteroatoms. The Balaban J connectivity index is 1.42. The van der Waals surface area contributed by atoms with Crippen molar-refractivity contribution in [1.29, 1.82) is 0 Å². The van der Waals surface area contributed by atoms with Crippen molar-refractivity contribution in [2.75, 3.05) is 38.7 Å². The Labute approximate surface area is 267 Å². The number of anilines is 1. The highest BCUT2D eigenvalue weighted by Gasteiger charge is 2.45. The quantitative estimate of drug-likeness (QED) is 0.451. The van der Waals surface area contributed by atoms with E-state index in [4.69, 9.17) is 16.3 Å². The first-order valence-electron chi connectivity index (χ1n) is 16.1. The average molecular weight is 644 g/mol. The lowest BCUT2D eigenvalue weighted by Crippen LogP contribution is -2.50. The van der Waals surface area contributed by atoms with Crippen LogP contribution in [0, 0.1) is 17.8 Å². The van der Waals surface area contributed by atoms with Gasteiger partial charge in [-0.25, -0.2) is 13.1 Å². The molecule has 0 unspecified atom stereocenters. The monoisotopic (exact) mass is 643 g/mol. The van der Waals surface area contributed by atoms with Crippen LogP contribution in [-0.2, 0) is 21.9 Å². The van der Waals surface area contributed by atoms with E-state index < -0.39 is 27.3 Å². The Bertz CT molecular complexity index is 1520. The topological polar surface area (TPSA) is 99.2 Å². The third-order valence-corrected chi connectivity index (χ3v) is 13.3. The van der Waals surface area contributed by atoms with Crippen LogP contribution < -0.4 is 14.4 Å². The number of fused-ring (bicyclic) bond motifs is 4. The first kappa shape index (κ1) is 31.6. The summed E-state index contributed by atoms with van der Waals surface area (Å²) in [6.45, 7) is 5.51. The number of nitrogens with zero attached hydrogens (tertiary/aromatic N) is 2. The highest BCUT2D eigenvalue weighted by molar-refractivity contribution is 7.90. The van der Waals surface area contributed by atoms with Gasteiger partial charge >= 0.3 is 0 Å². The molecule has 2 bridgehead atoms. The van der Waals surface area contributed by atoms with Crippen LogP contribution in [-0.4, -0.2) is 75.5 Å². The van der Waals surface area contributed by atoms with E-state index in [1.165, 1.54) is 11.1 Å². The van der Waals surface area contributed by atoms with Gasteiger partial charge in [-0.3, -0.25) is 4.79 Å². The van der Waals surface area contributed by atoms with E-state index >= 15 is 0 Å². The molecule has 1 fully saturated rings. The van der Waals surface area contributed by atoms with Gasteiger partial charge in [0.2, 0.25) is 10.0 Å². The van der Waals surface area contributed by atoms with Gasteiger partial charge in [0.15, 0.2) is 0 Å². The molecule has 44 heavy (non-hydrogen) atoms. The molecular formula is C34H46ClN3O5S. The number of sulfonamides is 1. The molecule has 1 spiro atoms. The minimum absolute atomic E-state index is 0.0160. The van der Waals surface area contributed by atoms with Gasteiger partial charge in [-0.2, -0.15) is 0 Å². The van der Waals surface area contributed by atoms with Gasteiger partial charge in [0.25, 0.3) is 5.91 Å². The van der Waals surface area contributed by atoms with Gasteiger partial charge in [0.1, 0.15) is 5.75 Å². The highest BCUT2D eigenvalue weighted by Crippen LogP contribution is 2.47. The average Bonchev–Trinajstić information content (AvgIpc) is 3.10. The van der Waals surface area contributed by atoms with Gasteiger partial charge in [-0.15, -0.1) is 0 Å². The summed E-state index contributed by atoms with van der Waals surface area (Å²) < 4.78 is 35.8. The lowest BCUT2D eigenvalue weighted by Gasteiger charge is -2.46. The first-order chi connectivity index (χ1) is 20.9. The van der Waals surface area contributed by atoms with E-state index in [1.54, 1.807) is 25.1 Å². The maximum Gasteiger partial charge on any atom is 0.264 e. The SMILES string of the molecule is C[C@@H]1[C@@H](C)C[C@H](N(C)C)C[C@@H](O)[C@@H]2CC[C@H]2CN2C[C@@]3(CCCc4cc(Cl)ccc43)COc3ccc(cc32)C(=O)NS1(=O)=O. The van der Waals surface area contributed by atoms with Gasteiger partial charge < -0.3 is 19.6 Å². The van der Waals surface area contributed by atoms with Crippen molar-refractivity contribution in [2.24, 2.45) is 17.8 Å². The third kappa shape index (κ3) is 5.97. The fraction of sp³-hybridized carbons (Fsp3) is 0.618. The second kappa shape index (κ2) is 12.1. The molecule has 1 amide bonds. The summed E-state index contributed by atoms with van der Waals surface area (Å²) in [5, 5.41) is 11.5. The predicted molar refractivity (Wildman–Crippen MR) is 174 cm³/mol. The van der Waals surface area contributed by atoms with E-state index in [0.717, 1.165) is 49.4 Å². The van der Waals surface area contributed by atoms with Crippen molar-refractivity contribution in [3.8, 4) is 5.75 Å². The lowest BCUT2D eigenvalue weighted by molar-refractivity contribution is -0.00542. The summed E-state index contributed by atoms with van der Waals surface area (Å²) in [4.78, 5) is 17.9. The largest absolute Gasteiger partial charge is 0.490 e. The Morgan fingerprint density at radius 2 is 1.91 bits per heavy atom. The molecule has 1 saturated carbocycles. The van der Waals surface area contributed by atoms with E-state index in [2.05, 4.69) is 26.7 Å². The summed E-state index contributed by atoms with van der Waals surface area (Å²) in [6.07, 6.45) is 5.68. The molecule has 4 aliphatic rings. The van der Waals surface area contributed by atoms with Gasteiger partial charge in [-0.05, 0) is 125 Å². The van der Waals surface area contributed by atoms with Crippen molar-refractivity contribution in [3.05, 3.63) is 58.1 Å². The fourth-order valence-electron chi connectivity index (χ4n) is 8.05. The minimum atomic E-state index is -3.94. The Hall–Kier alpha value is -2.33. The zero-order valence-corrected chi connectivity index (χ0v) is 27.8. The number of aliphatic hydroxyl groups is 1. The molecule has 0 aromatic heterocycles. The molecular weight excluding hydrogens is 598 g/mol. The Morgan fingerprint density at radius 1 is 1.11 bits per heavy atom. The second-order valence-corrected chi connectivity index (χ2v) is 16.6. The molecule has 2 aliphatic carbocycles. The van der Waals surface area contributed by atoms with Crippen LogP contribution in [0.25, 0.3) is 0 Å². The van der Waals surface area contributed by atoms with Crippen LogP contribution in [0.4, 0.5) is 5.69 Å². The normalized spacial score (nSPS) is 33.8. The molecule has 2 aliphatic heterocycles. The van der Waals surface area contributed by atoms with Gasteiger partial charge in [0, 0.05) is 35.1 Å². The summed E-state index contributed by atoms with van der Waals surface area (Å²) in [5.74, 6) is 0.303. The number of benzene rings is 2. The molecule has 2 aromatic carbocycles. The summed E-state index contributed by atoms with van der Waals surface area (Å²) in [7, 11) is 0.0311. The number of halogens is 1. The van der Waals surface area contributed by atoms with Gasteiger partial charge in [-0.1, -0.05) is 24.6 Å².